The van der Waals surface area contributed by atoms with Crippen LogP contribution in [0.3, 0.4) is 0 Å². The minimum absolute atomic E-state index is 0. The summed E-state index contributed by atoms with van der Waals surface area (Å²) >= 11 is 0. The van der Waals surface area contributed by atoms with Crippen LogP contribution in [0.5, 0.6) is 17.4 Å². The summed E-state index contributed by atoms with van der Waals surface area (Å²) in [6.45, 7) is 4.68. The molecule has 0 saturated carbocycles. The van der Waals surface area contributed by atoms with Crippen LogP contribution in [0.2, 0.25) is 0 Å². The predicted molar refractivity (Wildman–Crippen MR) is 138 cm³/mol. The van der Waals surface area contributed by atoms with Gasteiger partial charge in [-0.25, -0.2) is 4.98 Å². The van der Waals surface area contributed by atoms with Crippen molar-refractivity contribution < 1.29 is 19.3 Å². The Hall–Kier alpha value is -2.70. The number of fused-ring (bicyclic) bond motifs is 2. The van der Waals surface area contributed by atoms with E-state index in [2.05, 4.69) is 25.2 Å². The second-order valence-corrected chi connectivity index (χ2v) is 8.48. The van der Waals surface area contributed by atoms with Crippen molar-refractivity contribution in [2.75, 3.05) is 46.5 Å². The number of pyridine rings is 2. The number of hydrogen-bond donors (Lipinski definition) is 2. The maximum absolute atomic E-state index is 12.5. The van der Waals surface area contributed by atoms with Gasteiger partial charge in [0.15, 0.2) is 17.1 Å². The summed E-state index contributed by atoms with van der Waals surface area (Å²) in [5.74, 6) is 1.91. The summed E-state index contributed by atoms with van der Waals surface area (Å²) in [6, 6.07) is 5.40. The van der Waals surface area contributed by atoms with E-state index in [1.54, 1.807) is 22.9 Å². The minimum atomic E-state index is -0.440. The Morgan fingerprint density at radius 3 is 2.72 bits per heavy atom. The minimum Gasteiger partial charge on any atom is -0.486 e. The van der Waals surface area contributed by atoms with Gasteiger partial charge in [0.05, 0.1) is 31.3 Å². The molecule has 2 aliphatic heterocycles. The van der Waals surface area contributed by atoms with Gasteiger partial charge in [0.1, 0.15) is 18.7 Å². The Bertz CT molecular complexity index is 1230. The number of aliphatic hydroxyl groups is 1. The smallest absolute Gasteiger partial charge is 0.270 e. The first-order chi connectivity index (χ1) is 16.6. The Labute approximate surface area is 220 Å². The van der Waals surface area contributed by atoms with Gasteiger partial charge >= 0.3 is 0 Å². The van der Waals surface area contributed by atoms with Gasteiger partial charge in [-0.05, 0) is 6.07 Å². The quantitative estimate of drug-likeness (QED) is 0.425. The van der Waals surface area contributed by atoms with E-state index >= 15 is 0 Å². The van der Waals surface area contributed by atoms with Gasteiger partial charge in [0, 0.05) is 57.3 Å². The summed E-state index contributed by atoms with van der Waals surface area (Å²) < 4.78 is 17.9. The number of ether oxygens (including phenoxy) is 3. The Kier molecular flexibility index (Phi) is 9.69. The molecule has 5 rings (SSSR count). The Morgan fingerprint density at radius 2 is 1.92 bits per heavy atom. The molecular formula is C23H30Cl2N6O5. The van der Waals surface area contributed by atoms with Gasteiger partial charge in [-0.1, -0.05) is 0 Å². The lowest BCUT2D eigenvalue weighted by Crippen LogP contribution is -2.31. The molecule has 0 radical (unpaired) electrons. The molecule has 11 nitrogen and oxygen atoms in total. The van der Waals surface area contributed by atoms with Crippen molar-refractivity contribution in [2.45, 2.75) is 19.2 Å². The molecule has 0 unspecified atom stereocenters. The molecule has 0 amide bonds. The van der Waals surface area contributed by atoms with Crippen LogP contribution < -0.4 is 25.1 Å². The average molecular weight is 541 g/mol. The van der Waals surface area contributed by atoms with Crippen LogP contribution >= 0.6 is 24.8 Å². The maximum Gasteiger partial charge on any atom is 0.270 e. The van der Waals surface area contributed by atoms with E-state index in [9.17, 15) is 9.90 Å². The molecule has 0 bridgehead atoms. The van der Waals surface area contributed by atoms with Gasteiger partial charge in [0.2, 0.25) is 5.88 Å². The highest BCUT2D eigenvalue weighted by atomic mass is 35.5. The third-order valence-electron chi connectivity index (χ3n) is 6.20. The Balaban J connectivity index is 0.00000180. The van der Waals surface area contributed by atoms with Crippen LogP contribution in [0.4, 0.5) is 0 Å². The van der Waals surface area contributed by atoms with Crippen LogP contribution in [-0.4, -0.2) is 82.1 Å². The molecular weight excluding hydrogens is 511 g/mol. The van der Waals surface area contributed by atoms with E-state index in [4.69, 9.17) is 14.2 Å². The average Bonchev–Trinajstić information content (AvgIpc) is 3.22. The van der Waals surface area contributed by atoms with E-state index in [1.807, 2.05) is 6.07 Å². The topological polar surface area (TPSA) is 124 Å². The molecule has 196 valence electrons. The van der Waals surface area contributed by atoms with Crippen molar-refractivity contribution in [3.63, 3.8) is 0 Å². The van der Waals surface area contributed by atoms with Crippen molar-refractivity contribution in [3.05, 3.63) is 46.6 Å². The molecule has 1 fully saturated rings. The monoisotopic (exact) mass is 540 g/mol. The van der Waals surface area contributed by atoms with E-state index in [0.717, 1.165) is 18.0 Å². The summed E-state index contributed by atoms with van der Waals surface area (Å²) in [6.07, 6.45) is 2.56. The number of likely N-dealkylation sites (tertiary alicyclic amines) is 1. The van der Waals surface area contributed by atoms with Crippen LogP contribution in [-0.2, 0) is 13.1 Å². The molecule has 2 N–H and O–H groups in total. The zero-order valence-corrected chi connectivity index (χ0v) is 21.5. The van der Waals surface area contributed by atoms with Gasteiger partial charge in [-0.3, -0.25) is 19.2 Å². The van der Waals surface area contributed by atoms with Crippen molar-refractivity contribution in [3.8, 4) is 17.4 Å². The molecule has 3 aromatic rings. The fraction of sp³-hybridized carbons (Fsp3) is 0.478. The maximum atomic E-state index is 12.5. The standard InChI is InChI=1S/C23H28N6O5.2ClH/c1-32-21-3-2-17-23(27-21)29(22(31)12-26-17)5-4-28-13-15(18(30)14-28)9-24-10-16-8-19-20(11-25-16)34-7-6-33-19;;/h2-3,8,11-12,15,18,24,30H,4-7,9-10,13-14H2,1H3;2*1H/t15-,18+;;/m0../s1. The van der Waals surface area contributed by atoms with Gasteiger partial charge in [-0.2, -0.15) is 4.98 Å². The highest BCUT2D eigenvalue weighted by Crippen LogP contribution is 2.29. The molecule has 3 aromatic heterocycles. The predicted octanol–water partition coefficient (Wildman–Crippen LogP) is 0.892. The highest BCUT2D eigenvalue weighted by Gasteiger charge is 2.30. The van der Waals surface area contributed by atoms with Crippen molar-refractivity contribution in [1.29, 1.82) is 0 Å². The fourth-order valence-electron chi connectivity index (χ4n) is 4.39. The number of aliphatic hydroxyl groups excluding tert-OH is 1. The Morgan fingerprint density at radius 1 is 1.11 bits per heavy atom. The van der Waals surface area contributed by atoms with Gasteiger partial charge < -0.3 is 24.6 Å². The first-order valence-corrected chi connectivity index (χ1v) is 11.4. The van der Waals surface area contributed by atoms with Crippen LogP contribution in [0, 0.1) is 5.92 Å². The lowest BCUT2D eigenvalue weighted by molar-refractivity contribution is 0.140. The van der Waals surface area contributed by atoms with Gasteiger partial charge in [0.25, 0.3) is 5.56 Å². The number of halogens is 2. The highest BCUT2D eigenvalue weighted by molar-refractivity contribution is 5.85. The third kappa shape index (κ3) is 6.16. The normalized spacial score (nSPS) is 18.9. The molecule has 1 saturated heterocycles. The second-order valence-electron chi connectivity index (χ2n) is 8.48. The SMILES string of the molecule is COc1ccc2ncc(=O)n(CCN3C[C@H](CNCc4cc5c(cn4)OCCO5)[C@H](O)C3)c2n1.Cl.Cl. The van der Waals surface area contributed by atoms with Crippen LogP contribution in [0.15, 0.2) is 35.4 Å². The number of aromatic nitrogens is 4. The van der Waals surface area contributed by atoms with Crippen molar-refractivity contribution in [1.82, 2.24) is 29.7 Å². The molecule has 36 heavy (non-hydrogen) atoms. The first kappa shape index (κ1) is 27.9. The zero-order chi connectivity index (χ0) is 23.5. The third-order valence-corrected chi connectivity index (χ3v) is 6.20. The molecule has 0 aromatic carbocycles. The van der Waals surface area contributed by atoms with Crippen molar-refractivity contribution >= 4 is 36.0 Å². The zero-order valence-electron chi connectivity index (χ0n) is 19.8. The molecule has 0 aliphatic carbocycles. The number of hydrogen-bond acceptors (Lipinski definition) is 10. The lowest BCUT2D eigenvalue weighted by Gasteiger charge is -2.19. The molecule has 13 heteroatoms. The molecule has 0 spiro atoms. The first-order valence-electron chi connectivity index (χ1n) is 11.4. The van der Waals surface area contributed by atoms with Gasteiger partial charge in [-0.15, -0.1) is 24.8 Å². The second kappa shape index (κ2) is 12.5. The lowest BCUT2D eigenvalue weighted by atomic mass is 10.1. The largest absolute Gasteiger partial charge is 0.486 e. The van der Waals surface area contributed by atoms with Crippen LogP contribution in [0.25, 0.3) is 11.2 Å². The van der Waals surface area contributed by atoms with E-state index < -0.39 is 6.10 Å². The summed E-state index contributed by atoms with van der Waals surface area (Å²) in [7, 11) is 1.54. The number of methoxy groups -OCH3 is 1. The molecule has 2 aliphatic rings. The van der Waals surface area contributed by atoms with E-state index in [1.165, 1.54) is 13.3 Å². The molecule has 2 atom stereocenters. The number of nitrogens with zero attached hydrogens (tertiary/aromatic N) is 5. The number of β-amino-alcohol motifs (C(OH)–C–C–N with tert-alkyl or cyclic N) is 1. The number of rotatable bonds is 8. The van der Waals surface area contributed by atoms with Crippen molar-refractivity contribution in [2.24, 2.45) is 5.92 Å². The number of nitrogens with one attached hydrogen (secondary N) is 1. The fourth-order valence-corrected chi connectivity index (χ4v) is 4.39. The molecule has 5 heterocycles. The van der Waals surface area contributed by atoms with E-state index in [0.29, 0.717) is 68.7 Å². The summed E-state index contributed by atoms with van der Waals surface area (Å²) in [4.78, 5) is 27.6. The van der Waals surface area contributed by atoms with Crippen LogP contribution in [0.1, 0.15) is 5.69 Å². The van der Waals surface area contributed by atoms with E-state index in [-0.39, 0.29) is 36.3 Å². The summed E-state index contributed by atoms with van der Waals surface area (Å²) in [5, 5.41) is 14.0. The summed E-state index contributed by atoms with van der Waals surface area (Å²) in [5.41, 5.74) is 1.78.